The summed E-state index contributed by atoms with van der Waals surface area (Å²) in [5, 5.41) is 13.7. The van der Waals surface area contributed by atoms with Crippen LogP contribution in [0, 0.1) is 0 Å². The molecule has 0 aliphatic rings. The number of nitrogens with one attached hydrogen (secondary N) is 2. The molecular weight excluding hydrogens is 256 g/mol. The highest BCUT2D eigenvalue weighted by atomic mass is 32.2. The Morgan fingerprint density at radius 2 is 2.00 bits per heavy atom. The lowest BCUT2D eigenvalue weighted by Crippen LogP contribution is -2.47. The average molecular weight is 278 g/mol. The largest absolute Gasteiger partial charge is 0.480 e. The number of carboxylic acid groups (broad SMARTS) is 1. The van der Waals surface area contributed by atoms with E-state index in [0.717, 1.165) is 12.8 Å². The first-order valence-corrected chi connectivity index (χ1v) is 7.60. The Morgan fingerprint density at radius 3 is 2.44 bits per heavy atom. The van der Waals surface area contributed by atoms with Crippen LogP contribution in [-0.2, 0) is 15.6 Å². The molecule has 0 aromatic heterocycles. The van der Waals surface area contributed by atoms with Crippen molar-refractivity contribution in [2.45, 2.75) is 44.4 Å². The summed E-state index contributed by atoms with van der Waals surface area (Å²) >= 11 is 0. The summed E-state index contributed by atoms with van der Waals surface area (Å²) in [5.74, 6) is -1.04. The van der Waals surface area contributed by atoms with Crippen molar-refractivity contribution in [2.75, 3.05) is 12.8 Å². The van der Waals surface area contributed by atoms with Crippen molar-refractivity contribution in [3.63, 3.8) is 0 Å². The number of aliphatic carboxylic acids is 1. The first kappa shape index (κ1) is 16.9. The molecule has 3 atom stereocenters. The Hall–Kier alpha value is -1.11. The van der Waals surface area contributed by atoms with Gasteiger partial charge in [0.05, 0.1) is 0 Å². The van der Waals surface area contributed by atoms with Gasteiger partial charge >= 0.3 is 12.0 Å². The van der Waals surface area contributed by atoms with E-state index in [1.165, 1.54) is 0 Å². The molecule has 0 rings (SSSR count). The molecule has 0 heterocycles. The van der Waals surface area contributed by atoms with E-state index in [1.807, 2.05) is 6.92 Å². The van der Waals surface area contributed by atoms with Crippen LogP contribution in [0.15, 0.2) is 0 Å². The molecule has 2 amide bonds. The van der Waals surface area contributed by atoms with Crippen LogP contribution in [0.25, 0.3) is 0 Å². The van der Waals surface area contributed by atoms with E-state index < -0.39 is 28.8 Å². The molecule has 0 radical (unpaired) electrons. The molecule has 6 nitrogen and oxygen atoms in total. The van der Waals surface area contributed by atoms with Crippen LogP contribution in [0.5, 0.6) is 0 Å². The Balaban J connectivity index is 4.09. The van der Waals surface area contributed by atoms with Gasteiger partial charge in [-0.3, -0.25) is 4.21 Å². The molecule has 7 heteroatoms. The van der Waals surface area contributed by atoms with Gasteiger partial charge in [-0.2, -0.15) is 0 Å². The predicted molar refractivity (Wildman–Crippen MR) is 71.0 cm³/mol. The number of amides is 2. The summed E-state index contributed by atoms with van der Waals surface area (Å²) in [6.07, 6.45) is 3.59. The Morgan fingerprint density at radius 1 is 1.39 bits per heavy atom. The van der Waals surface area contributed by atoms with E-state index in [-0.39, 0.29) is 11.8 Å². The van der Waals surface area contributed by atoms with Crippen LogP contribution in [0.1, 0.15) is 33.1 Å². The van der Waals surface area contributed by atoms with E-state index in [4.69, 9.17) is 5.11 Å². The van der Waals surface area contributed by atoms with E-state index in [1.54, 1.807) is 13.2 Å². The van der Waals surface area contributed by atoms with Gasteiger partial charge in [-0.1, -0.05) is 19.8 Å². The van der Waals surface area contributed by atoms with Gasteiger partial charge in [0, 0.05) is 28.9 Å². The standard InChI is InChI=1S/C11H22N2O4S/c1-4-5-6-9(10(14)15)13-11(16)12-7-8(2)18(3)17/h8-9H,4-7H2,1-3H3,(H,14,15)(H2,12,13,16)/t8?,9-,18?/m0/s1. The lowest BCUT2D eigenvalue weighted by Gasteiger charge is -2.16. The minimum Gasteiger partial charge on any atom is -0.480 e. The topological polar surface area (TPSA) is 95.5 Å². The maximum absolute atomic E-state index is 11.5. The highest BCUT2D eigenvalue weighted by Gasteiger charge is 2.19. The number of hydrogen-bond donors (Lipinski definition) is 3. The highest BCUT2D eigenvalue weighted by molar-refractivity contribution is 7.84. The van der Waals surface area contributed by atoms with E-state index in [2.05, 4.69) is 10.6 Å². The lowest BCUT2D eigenvalue weighted by molar-refractivity contribution is -0.139. The Labute approximate surface area is 110 Å². The zero-order valence-corrected chi connectivity index (χ0v) is 11.9. The molecule has 18 heavy (non-hydrogen) atoms. The Kier molecular flexibility index (Phi) is 8.36. The van der Waals surface area contributed by atoms with Gasteiger partial charge in [0.15, 0.2) is 0 Å². The van der Waals surface area contributed by atoms with Crippen molar-refractivity contribution >= 4 is 22.8 Å². The molecule has 0 bridgehead atoms. The van der Waals surface area contributed by atoms with Crippen molar-refractivity contribution in [1.82, 2.24) is 10.6 Å². The lowest BCUT2D eigenvalue weighted by atomic mass is 10.1. The van der Waals surface area contributed by atoms with Gasteiger partial charge in [0.2, 0.25) is 0 Å². The summed E-state index contributed by atoms with van der Waals surface area (Å²) < 4.78 is 11.1. The fraction of sp³-hybridized carbons (Fsp3) is 0.818. The van der Waals surface area contributed by atoms with Crippen LogP contribution in [0.3, 0.4) is 0 Å². The smallest absolute Gasteiger partial charge is 0.326 e. The maximum Gasteiger partial charge on any atom is 0.326 e. The van der Waals surface area contributed by atoms with Crippen LogP contribution in [0.2, 0.25) is 0 Å². The quantitative estimate of drug-likeness (QED) is 0.609. The molecule has 0 spiro atoms. The third-order valence-electron chi connectivity index (χ3n) is 2.57. The third-order valence-corrected chi connectivity index (χ3v) is 3.87. The number of unbranched alkanes of at least 4 members (excludes halogenated alkanes) is 1. The summed E-state index contributed by atoms with van der Waals surface area (Å²) in [6, 6.07) is -1.40. The van der Waals surface area contributed by atoms with Crippen LogP contribution in [0.4, 0.5) is 4.79 Å². The van der Waals surface area contributed by atoms with Gasteiger partial charge in [-0.25, -0.2) is 9.59 Å². The minimum absolute atomic E-state index is 0.158. The summed E-state index contributed by atoms with van der Waals surface area (Å²) in [6.45, 7) is 3.97. The SMILES string of the molecule is CCCC[C@H](NC(=O)NCC(C)S(C)=O)C(=O)O. The molecule has 0 saturated carbocycles. The Bertz CT molecular complexity index is 309. The number of carbonyl (C=O) groups excluding carboxylic acids is 1. The molecular formula is C11H22N2O4S. The predicted octanol–water partition coefficient (Wildman–Crippen LogP) is 0.696. The zero-order valence-electron chi connectivity index (χ0n) is 11.1. The van der Waals surface area contributed by atoms with Gasteiger partial charge in [-0.15, -0.1) is 0 Å². The molecule has 0 aromatic rings. The first-order valence-electron chi connectivity index (χ1n) is 5.97. The van der Waals surface area contributed by atoms with Crippen LogP contribution in [-0.4, -0.2) is 45.4 Å². The second kappa shape index (κ2) is 8.91. The van der Waals surface area contributed by atoms with Gasteiger partial charge in [-0.05, 0) is 13.3 Å². The molecule has 0 aromatic carbocycles. The van der Waals surface area contributed by atoms with Crippen molar-refractivity contribution in [1.29, 1.82) is 0 Å². The van der Waals surface area contributed by atoms with E-state index in [0.29, 0.717) is 6.42 Å². The fourth-order valence-corrected chi connectivity index (χ4v) is 1.55. The van der Waals surface area contributed by atoms with Crippen molar-refractivity contribution in [3.05, 3.63) is 0 Å². The zero-order chi connectivity index (χ0) is 14.1. The van der Waals surface area contributed by atoms with Crippen molar-refractivity contribution < 1.29 is 18.9 Å². The highest BCUT2D eigenvalue weighted by Crippen LogP contribution is 2.00. The number of hydrogen-bond acceptors (Lipinski definition) is 3. The second-order valence-electron chi connectivity index (χ2n) is 4.20. The fourth-order valence-electron chi connectivity index (χ4n) is 1.23. The summed E-state index contributed by atoms with van der Waals surface area (Å²) in [5.41, 5.74) is 0. The molecule has 3 N–H and O–H groups in total. The molecule has 0 aliphatic carbocycles. The molecule has 0 saturated heterocycles. The van der Waals surface area contributed by atoms with Crippen LogP contribution >= 0.6 is 0 Å². The number of carbonyl (C=O) groups is 2. The van der Waals surface area contributed by atoms with Crippen molar-refractivity contribution in [2.24, 2.45) is 0 Å². The summed E-state index contributed by atoms with van der Waals surface area (Å²) in [7, 11) is -1.01. The monoisotopic (exact) mass is 278 g/mol. The van der Waals surface area contributed by atoms with Gasteiger partial charge < -0.3 is 15.7 Å². The summed E-state index contributed by atoms with van der Waals surface area (Å²) in [4.78, 5) is 22.4. The maximum atomic E-state index is 11.5. The number of rotatable bonds is 8. The molecule has 2 unspecified atom stereocenters. The minimum atomic E-state index is -1.04. The third kappa shape index (κ3) is 7.26. The molecule has 0 fully saturated rings. The van der Waals surface area contributed by atoms with Crippen molar-refractivity contribution in [3.8, 4) is 0 Å². The first-order chi connectivity index (χ1) is 8.38. The van der Waals surface area contributed by atoms with Crippen LogP contribution < -0.4 is 10.6 Å². The average Bonchev–Trinajstić information content (AvgIpc) is 2.30. The number of urea groups is 1. The van der Waals surface area contributed by atoms with E-state index in [9.17, 15) is 13.8 Å². The molecule has 106 valence electrons. The number of carboxylic acids is 1. The second-order valence-corrected chi connectivity index (χ2v) is 6.00. The van der Waals surface area contributed by atoms with Gasteiger partial charge in [0.1, 0.15) is 6.04 Å². The van der Waals surface area contributed by atoms with Gasteiger partial charge in [0.25, 0.3) is 0 Å². The van der Waals surface area contributed by atoms with E-state index >= 15 is 0 Å². The normalized spacial score (nSPS) is 15.5. The molecule has 0 aliphatic heterocycles.